The summed E-state index contributed by atoms with van der Waals surface area (Å²) in [5.41, 5.74) is 0.795. The molecule has 0 radical (unpaired) electrons. The first kappa shape index (κ1) is 18.5. The molecule has 1 N–H and O–H groups in total. The summed E-state index contributed by atoms with van der Waals surface area (Å²) >= 11 is 0. The number of carbonyl (C=O) groups excluding carboxylic acids is 2. The molecule has 0 spiro atoms. The first-order valence-electron chi connectivity index (χ1n) is 8.09. The number of carbonyl (C=O) groups is 2. The molecular weight excluding hydrogens is 326 g/mol. The molecule has 0 aliphatic heterocycles. The maximum absolute atomic E-state index is 11.7. The Hall–Kier alpha value is -2.83. The van der Waals surface area contributed by atoms with Crippen LogP contribution in [0.25, 0.3) is 11.0 Å². The minimum Gasteiger partial charge on any atom is -0.550 e. The molecule has 0 atom stereocenters. The van der Waals surface area contributed by atoms with E-state index in [9.17, 15) is 19.5 Å². The molecular formula is C18H20NO6-. The van der Waals surface area contributed by atoms with Crippen LogP contribution in [0.5, 0.6) is 5.75 Å². The molecule has 7 heteroatoms. The number of amides is 1. The number of carboxylic acids is 1. The lowest BCUT2D eigenvalue weighted by Crippen LogP contribution is -2.29. The number of fused-ring (bicyclic) bond motifs is 1. The lowest BCUT2D eigenvalue weighted by molar-refractivity contribution is -0.305. The van der Waals surface area contributed by atoms with Crippen molar-refractivity contribution in [2.45, 2.75) is 32.6 Å². The molecule has 0 aliphatic rings. The minimum absolute atomic E-state index is 0.0363. The highest BCUT2D eigenvalue weighted by molar-refractivity contribution is 5.81. The molecule has 2 rings (SSSR count). The molecule has 25 heavy (non-hydrogen) atoms. The number of unbranched alkanes of at least 4 members (excludes halogenated alkanes) is 2. The summed E-state index contributed by atoms with van der Waals surface area (Å²) < 4.78 is 10.5. The van der Waals surface area contributed by atoms with Crippen molar-refractivity contribution in [1.82, 2.24) is 5.32 Å². The third-order valence-corrected chi connectivity index (χ3v) is 3.67. The van der Waals surface area contributed by atoms with Gasteiger partial charge < -0.3 is 24.4 Å². The summed E-state index contributed by atoms with van der Waals surface area (Å²) in [6.45, 7) is 2.13. The fourth-order valence-electron chi connectivity index (χ4n) is 2.39. The molecule has 0 fully saturated rings. The predicted octanol–water partition coefficient (Wildman–Crippen LogP) is 0.907. The Morgan fingerprint density at radius 1 is 1.20 bits per heavy atom. The first-order chi connectivity index (χ1) is 12.0. The van der Waals surface area contributed by atoms with E-state index >= 15 is 0 Å². The monoisotopic (exact) mass is 346 g/mol. The van der Waals surface area contributed by atoms with E-state index in [2.05, 4.69) is 5.32 Å². The zero-order chi connectivity index (χ0) is 18.2. The van der Waals surface area contributed by atoms with Crippen LogP contribution in [0.1, 0.15) is 31.2 Å². The van der Waals surface area contributed by atoms with E-state index in [0.29, 0.717) is 37.1 Å². The second kappa shape index (κ2) is 8.86. The smallest absolute Gasteiger partial charge is 0.336 e. The van der Waals surface area contributed by atoms with Crippen LogP contribution in [0, 0.1) is 6.92 Å². The van der Waals surface area contributed by atoms with Gasteiger partial charge in [0.2, 0.25) is 0 Å². The fourth-order valence-corrected chi connectivity index (χ4v) is 2.39. The van der Waals surface area contributed by atoms with E-state index in [-0.39, 0.29) is 18.9 Å². The van der Waals surface area contributed by atoms with E-state index in [4.69, 9.17) is 9.15 Å². The third kappa shape index (κ3) is 5.95. The number of hydrogen-bond donors (Lipinski definition) is 1. The third-order valence-electron chi connectivity index (χ3n) is 3.67. The Balaban J connectivity index is 1.77. The van der Waals surface area contributed by atoms with Gasteiger partial charge in [0, 0.05) is 30.0 Å². The quantitative estimate of drug-likeness (QED) is 0.534. The Bertz CT molecular complexity index is 811. The topological polar surface area (TPSA) is 109 Å². The predicted molar refractivity (Wildman–Crippen MR) is 89.2 cm³/mol. The van der Waals surface area contributed by atoms with Gasteiger partial charge in [-0.05, 0) is 43.9 Å². The van der Waals surface area contributed by atoms with Gasteiger partial charge in [-0.1, -0.05) is 6.42 Å². The second-order valence-corrected chi connectivity index (χ2v) is 5.73. The number of benzene rings is 1. The molecule has 0 aliphatic carbocycles. The second-order valence-electron chi connectivity index (χ2n) is 5.73. The standard InChI is InChI=1S/C18H21NO6/c1-12-9-18(23)25-15-10-13(6-7-14(12)15)24-11-16(20)19-8-4-2-3-5-17(21)22/h6-7,9-10H,2-5,8,11H2,1H3,(H,19,20)(H,21,22)/p-1. The highest BCUT2D eigenvalue weighted by atomic mass is 16.5. The molecule has 1 aromatic heterocycles. The Labute approximate surface area is 144 Å². The summed E-state index contributed by atoms with van der Waals surface area (Å²) in [5, 5.41) is 13.8. The van der Waals surface area contributed by atoms with Crippen LogP contribution in [-0.2, 0) is 9.59 Å². The van der Waals surface area contributed by atoms with Crippen molar-refractivity contribution >= 4 is 22.8 Å². The van der Waals surface area contributed by atoms with Crippen molar-refractivity contribution in [3.05, 3.63) is 40.2 Å². The molecule has 1 aromatic carbocycles. The molecule has 0 saturated heterocycles. The van der Waals surface area contributed by atoms with Crippen molar-refractivity contribution < 1.29 is 23.8 Å². The van der Waals surface area contributed by atoms with E-state index in [0.717, 1.165) is 10.9 Å². The van der Waals surface area contributed by atoms with Gasteiger partial charge in [-0.15, -0.1) is 0 Å². The fraction of sp³-hybridized carbons (Fsp3) is 0.389. The summed E-state index contributed by atoms with van der Waals surface area (Å²) in [7, 11) is 0. The summed E-state index contributed by atoms with van der Waals surface area (Å²) in [4.78, 5) is 33.4. The highest BCUT2D eigenvalue weighted by Gasteiger charge is 2.06. The van der Waals surface area contributed by atoms with Gasteiger partial charge >= 0.3 is 5.63 Å². The van der Waals surface area contributed by atoms with Gasteiger partial charge in [-0.3, -0.25) is 4.79 Å². The van der Waals surface area contributed by atoms with E-state index in [1.165, 1.54) is 6.07 Å². The number of aliphatic carboxylic acids is 1. The molecule has 134 valence electrons. The lowest BCUT2D eigenvalue weighted by Gasteiger charge is -2.08. The molecule has 0 bridgehead atoms. The molecule has 0 unspecified atom stereocenters. The van der Waals surface area contributed by atoms with Crippen molar-refractivity contribution in [1.29, 1.82) is 0 Å². The van der Waals surface area contributed by atoms with Crippen LogP contribution in [0.3, 0.4) is 0 Å². The summed E-state index contributed by atoms with van der Waals surface area (Å²) in [6, 6.07) is 6.49. The van der Waals surface area contributed by atoms with Gasteiger partial charge in [0.1, 0.15) is 11.3 Å². The zero-order valence-corrected chi connectivity index (χ0v) is 14.0. The maximum atomic E-state index is 11.7. The minimum atomic E-state index is -1.06. The molecule has 2 aromatic rings. The van der Waals surface area contributed by atoms with Crippen LogP contribution < -0.4 is 20.8 Å². The van der Waals surface area contributed by atoms with E-state index in [1.54, 1.807) is 18.2 Å². The number of ether oxygens (including phenoxy) is 1. The SMILES string of the molecule is Cc1cc(=O)oc2cc(OCC(=O)NCCCCCC(=O)[O-])ccc12. The van der Waals surface area contributed by atoms with Crippen LogP contribution in [-0.4, -0.2) is 25.0 Å². The van der Waals surface area contributed by atoms with Gasteiger partial charge in [0.05, 0.1) is 0 Å². The van der Waals surface area contributed by atoms with E-state index in [1.807, 2.05) is 6.92 Å². The Morgan fingerprint density at radius 2 is 2.00 bits per heavy atom. The number of carboxylic acid groups (broad SMARTS) is 1. The number of nitrogens with one attached hydrogen (secondary N) is 1. The van der Waals surface area contributed by atoms with Gasteiger partial charge in [-0.2, -0.15) is 0 Å². The Morgan fingerprint density at radius 3 is 2.76 bits per heavy atom. The van der Waals surface area contributed by atoms with Crippen molar-refractivity contribution in [3.8, 4) is 5.75 Å². The van der Waals surface area contributed by atoms with Crippen LogP contribution in [0.2, 0.25) is 0 Å². The highest BCUT2D eigenvalue weighted by Crippen LogP contribution is 2.22. The first-order valence-corrected chi connectivity index (χ1v) is 8.09. The zero-order valence-electron chi connectivity index (χ0n) is 14.0. The number of hydrogen-bond acceptors (Lipinski definition) is 6. The van der Waals surface area contributed by atoms with Gasteiger partial charge in [0.25, 0.3) is 5.91 Å². The van der Waals surface area contributed by atoms with Crippen LogP contribution in [0.4, 0.5) is 0 Å². The molecule has 1 heterocycles. The number of aryl methyl sites for hydroxylation is 1. The number of rotatable bonds is 9. The van der Waals surface area contributed by atoms with Crippen molar-refractivity contribution in [2.24, 2.45) is 0 Å². The summed E-state index contributed by atoms with van der Waals surface area (Å²) in [5.74, 6) is -0.894. The van der Waals surface area contributed by atoms with Crippen LogP contribution >= 0.6 is 0 Å². The average molecular weight is 346 g/mol. The van der Waals surface area contributed by atoms with Gasteiger partial charge in [0.15, 0.2) is 6.61 Å². The van der Waals surface area contributed by atoms with E-state index < -0.39 is 11.6 Å². The van der Waals surface area contributed by atoms with Crippen molar-refractivity contribution in [3.63, 3.8) is 0 Å². The summed E-state index contributed by atoms with van der Waals surface area (Å²) in [6.07, 6.45) is 1.97. The average Bonchev–Trinajstić information content (AvgIpc) is 2.55. The maximum Gasteiger partial charge on any atom is 0.336 e. The van der Waals surface area contributed by atoms with Gasteiger partial charge in [-0.25, -0.2) is 4.79 Å². The lowest BCUT2D eigenvalue weighted by atomic mass is 10.1. The molecule has 1 amide bonds. The Kier molecular flexibility index (Phi) is 6.56. The van der Waals surface area contributed by atoms with Crippen molar-refractivity contribution in [2.75, 3.05) is 13.2 Å². The normalized spacial score (nSPS) is 10.6. The molecule has 7 nitrogen and oxygen atoms in total. The molecule has 0 saturated carbocycles. The van der Waals surface area contributed by atoms with Crippen LogP contribution in [0.15, 0.2) is 33.5 Å². The largest absolute Gasteiger partial charge is 0.550 e.